The molecule has 2 aromatic rings. The summed E-state index contributed by atoms with van der Waals surface area (Å²) in [5.74, 6) is 0.862. The van der Waals surface area contributed by atoms with Crippen molar-refractivity contribution in [3.8, 4) is 0 Å². The summed E-state index contributed by atoms with van der Waals surface area (Å²) >= 11 is 0. The molecule has 0 spiro atoms. The maximum atomic E-state index is 12.6. The van der Waals surface area contributed by atoms with Gasteiger partial charge in [0.05, 0.1) is 6.54 Å². The number of nitrogens with one attached hydrogen (secondary N) is 2. The number of nitrogens with zero attached hydrogens (tertiary/aromatic N) is 3. The molecule has 0 fully saturated rings. The highest BCUT2D eigenvalue weighted by atomic mass is 16.2. The number of likely N-dealkylation sites (N-methyl/N-ethyl adjacent to an activating group) is 1. The van der Waals surface area contributed by atoms with Crippen LogP contribution in [0.4, 0.5) is 11.4 Å². The van der Waals surface area contributed by atoms with Gasteiger partial charge in [-0.05, 0) is 39.2 Å². The second kappa shape index (κ2) is 8.62. The number of imidazole rings is 1. The molecule has 2 amide bonds. The van der Waals surface area contributed by atoms with Gasteiger partial charge in [0.15, 0.2) is 0 Å². The van der Waals surface area contributed by atoms with E-state index in [0.717, 1.165) is 5.82 Å². The third kappa shape index (κ3) is 5.16. The molecule has 0 aliphatic rings. The number of anilines is 2. The van der Waals surface area contributed by atoms with Gasteiger partial charge in [-0.15, -0.1) is 0 Å². The first-order valence-corrected chi connectivity index (χ1v) is 8.66. The monoisotopic (exact) mass is 357 g/mol. The van der Waals surface area contributed by atoms with E-state index in [4.69, 9.17) is 0 Å². The van der Waals surface area contributed by atoms with Crippen LogP contribution in [0.5, 0.6) is 0 Å². The predicted molar refractivity (Wildman–Crippen MR) is 103 cm³/mol. The fraction of sp³-hybridized carbons (Fsp3) is 0.421. The maximum absolute atomic E-state index is 12.6. The third-order valence-electron chi connectivity index (χ3n) is 3.89. The van der Waals surface area contributed by atoms with Crippen molar-refractivity contribution in [2.24, 2.45) is 0 Å². The number of rotatable bonds is 7. The Kier molecular flexibility index (Phi) is 6.52. The molecule has 2 N–H and O–H groups in total. The van der Waals surface area contributed by atoms with Crippen LogP contribution in [-0.4, -0.2) is 46.9 Å². The number of hydrogen-bond donors (Lipinski definition) is 2. The van der Waals surface area contributed by atoms with Crippen molar-refractivity contribution in [2.75, 3.05) is 31.3 Å². The van der Waals surface area contributed by atoms with E-state index in [1.165, 1.54) is 0 Å². The first-order valence-electron chi connectivity index (χ1n) is 8.66. The third-order valence-corrected chi connectivity index (χ3v) is 3.89. The lowest BCUT2D eigenvalue weighted by Crippen LogP contribution is -2.27. The second-order valence-electron chi connectivity index (χ2n) is 6.88. The zero-order chi connectivity index (χ0) is 19.3. The van der Waals surface area contributed by atoms with E-state index in [1.54, 1.807) is 35.4 Å². The summed E-state index contributed by atoms with van der Waals surface area (Å²) in [5.41, 5.74) is 1.28. The fourth-order valence-electron chi connectivity index (χ4n) is 2.63. The van der Waals surface area contributed by atoms with Crippen molar-refractivity contribution in [3.05, 3.63) is 42.5 Å². The van der Waals surface area contributed by atoms with Crippen molar-refractivity contribution < 1.29 is 9.59 Å². The zero-order valence-corrected chi connectivity index (χ0v) is 16.0. The molecule has 26 heavy (non-hydrogen) atoms. The van der Waals surface area contributed by atoms with E-state index in [0.29, 0.717) is 17.9 Å². The van der Waals surface area contributed by atoms with Crippen LogP contribution in [0.15, 0.2) is 36.7 Å². The number of carbonyl (C=O) groups excluding carboxylic acids is 2. The topological polar surface area (TPSA) is 79.3 Å². The van der Waals surface area contributed by atoms with E-state index in [1.807, 2.05) is 45.6 Å². The highest BCUT2D eigenvalue weighted by molar-refractivity contribution is 5.96. The van der Waals surface area contributed by atoms with E-state index in [2.05, 4.69) is 15.6 Å². The minimum absolute atomic E-state index is 0.105. The van der Waals surface area contributed by atoms with Gasteiger partial charge in [0.2, 0.25) is 11.8 Å². The molecule has 1 atom stereocenters. The van der Waals surface area contributed by atoms with Crippen LogP contribution in [-0.2, 0) is 9.59 Å². The molecular formula is C19H27N5O2. The zero-order valence-electron chi connectivity index (χ0n) is 16.0. The van der Waals surface area contributed by atoms with Crippen molar-refractivity contribution >= 4 is 23.2 Å². The lowest BCUT2D eigenvalue weighted by molar-refractivity contribution is -0.119. The molecule has 0 aliphatic heterocycles. The van der Waals surface area contributed by atoms with Gasteiger partial charge < -0.3 is 20.1 Å². The van der Waals surface area contributed by atoms with Crippen LogP contribution >= 0.6 is 0 Å². The van der Waals surface area contributed by atoms with Gasteiger partial charge in [0, 0.05) is 29.7 Å². The predicted octanol–water partition coefficient (Wildman–Crippen LogP) is 2.71. The Labute approximate surface area is 154 Å². The average molecular weight is 357 g/mol. The van der Waals surface area contributed by atoms with Crippen LogP contribution in [0, 0.1) is 0 Å². The Morgan fingerprint density at radius 3 is 2.42 bits per heavy atom. The van der Waals surface area contributed by atoms with Gasteiger partial charge in [-0.3, -0.25) is 9.59 Å². The van der Waals surface area contributed by atoms with Gasteiger partial charge in [-0.1, -0.05) is 19.9 Å². The van der Waals surface area contributed by atoms with Crippen LogP contribution in [0.3, 0.4) is 0 Å². The lowest BCUT2D eigenvalue weighted by atomic mass is 10.2. The molecule has 7 nitrogen and oxygen atoms in total. The molecular weight excluding hydrogens is 330 g/mol. The van der Waals surface area contributed by atoms with Crippen LogP contribution < -0.4 is 10.6 Å². The molecule has 1 heterocycles. The second-order valence-corrected chi connectivity index (χ2v) is 6.88. The first-order chi connectivity index (χ1) is 12.3. The van der Waals surface area contributed by atoms with Crippen LogP contribution in [0.1, 0.15) is 38.6 Å². The van der Waals surface area contributed by atoms with E-state index in [-0.39, 0.29) is 23.8 Å². The Bertz CT molecular complexity index is 767. The van der Waals surface area contributed by atoms with Crippen molar-refractivity contribution in [2.45, 2.75) is 32.7 Å². The van der Waals surface area contributed by atoms with Gasteiger partial charge in [0.25, 0.3) is 0 Å². The summed E-state index contributed by atoms with van der Waals surface area (Å²) in [6.07, 6.45) is 3.53. The summed E-state index contributed by atoms with van der Waals surface area (Å²) in [6, 6.07) is 6.74. The number of aromatic nitrogens is 2. The quantitative estimate of drug-likeness (QED) is 0.798. The molecule has 7 heteroatoms. The summed E-state index contributed by atoms with van der Waals surface area (Å²) in [4.78, 5) is 30.6. The Morgan fingerprint density at radius 2 is 1.81 bits per heavy atom. The SMILES string of the molecule is CC(C)c1nccn1C(C)C(=O)Nc1cccc(NC(=O)CN(C)C)c1. The summed E-state index contributed by atoms with van der Waals surface area (Å²) < 4.78 is 1.88. The fourth-order valence-corrected chi connectivity index (χ4v) is 2.63. The number of hydrogen-bond acceptors (Lipinski definition) is 4. The van der Waals surface area contributed by atoms with E-state index in [9.17, 15) is 9.59 Å². The molecule has 0 aliphatic carbocycles. The lowest BCUT2D eigenvalue weighted by Gasteiger charge is -2.18. The normalized spacial score (nSPS) is 12.3. The molecule has 0 saturated carbocycles. The molecule has 0 bridgehead atoms. The largest absolute Gasteiger partial charge is 0.325 e. The molecule has 0 radical (unpaired) electrons. The number of carbonyl (C=O) groups is 2. The highest BCUT2D eigenvalue weighted by Crippen LogP contribution is 2.20. The minimum Gasteiger partial charge on any atom is -0.325 e. The number of benzene rings is 1. The average Bonchev–Trinajstić information content (AvgIpc) is 3.03. The van der Waals surface area contributed by atoms with Gasteiger partial charge >= 0.3 is 0 Å². The van der Waals surface area contributed by atoms with Crippen molar-refractivity contribution in [1.29, 1.82) is 0 Å². The molecule has 0 saturated heterocycles. The van der Waals surface area contributed by atoms with E-state index < -0.39 is 0 Å². The Balaban J connectivity index is 2.06. The summed E-state index contributed by atoms with van der Waals surface area (Å²) in [6.45, 7) is 6.23. The molecule has 2 rings (SSSR count). The van der Waals surface area contributed by atoms with Crippen LogP contribution in [0.2, 0.25) is 0 Å². The minimum atomic E-state index is -0.387. The molecule has 140 valence electrons. The van der Waals surface area contributed by atoms with Crippen molar-refractivity contribution in [1.82, 2.24) is 14.5 Å². The smallest absolute Gasteiger partial charge is 0.247 e. The van der Waals surface area contributed by atoms with Crippen molar-refractivity contribution in [3.63, 3.8) is 0 Å². The summed E-state index contributed by atoms with van der Waals surface area (Å²) in [5, 5.41) is 5.72. The maximum Gasteiger partial charge on any atom is 0.247 e. The van der Waals surface area contributed by atoms with Gasteiger partial charge in [-0.2, -0.15) is 0 Å². The van der Waals surface area contributed by atoms with E-state index >= 15 is 0 Å². The molecule has 1 aromatic heterocycles. The number of amides is 2. The van der Waals surface area contributed by atoms with Gasteiger partial charge in [0.1, 0.15) is 11.9 Å². The Hall–Kier alpha value is -2.67. The first kappa shape index (κ1) is 19.7. The highest BCUT2D eigenvalue weighted by Gasteiger charge is 2.19. The standard InChI is InChI=1S/C19H27N5O2/c1-13(2)18-20-9-10-24(18)14(3)19(26)22-16-8-6-7-15(11-16)21-17(25)12-23(4)5/h6-11,13-14H,12H2,1-5H3,(H,21,25)(H,22,26). The van der Waals surface area contributed by atoms with Gasteiger partial charge in [-0.25, -0.2) is 4.98 Å². The van der Waals surface area contributed by atoms with Crippen LogP contribution in [0.25, 0.3) is 0 Å². The molecule has 1 aromatic carbocycles. The summed E-state index contributed by atoms with van der Waals surface area (Å²) in [7, 11) is 3.66. The Morgan fingerprint density at radius 1 is 1.15 bits per heavy atom. The molecule has 1 unspecified atom stereocenters.